The number of thiazole rings is 1. The van der Waals surface area contributed by atoms with Crippen molar-refractivity contribution in [3.63, 3.8) is 0 Å². The summed E-state index contributed by atoms with van der Waals surface area (Å²) in [5.41, 5.74) is 4.35. The van der Waals surface area contributed by atoms with Crippen LogP contribution in [0.5, 0.6) is 0 Å². The Morgan fingerprint density at radius 1 is 1.44 bits per heavy atom. The zero-order chi connectivity index (χ0) is 12.7. The SMILES string of the molecule is Cn1nc(C(=O)O)cc1-c1cccc2scnc12. The molecular formula is C12H9N3O2S. The Morgan fingerprint density at radius 3 is 3.00 bits per heavy atom. The van der Waals surface area contributed by atoms with Crippen molar-refractivity contribution in [2.24, 2.45) is 7.05 Å². The molecule has 0 aliphatic carbocycles. The fourth-order valence-corrected chi connectivity index (χ4v) is 2.62. The van der Waals surface area contributed by atoms with E-state index in [0.717, 1.165) is 21.5 Å². The smallest absolute Gasteiger partial charge is 0.356 e. The van der Waals surface area contributed by atoms with Gasteiger partial charge in [-0.15, -0.1) is 11.3 Å². The molecule has 0 bridgehead atoms. The summed E-state index contributed by atoms with van der Waals surface area (Å²) in [5, 5.41) is 12.9. The highest BCUT2D eigenvalue weighted by Crippen LogP contribution is 2.29. The molecule has 6 heteroatoms. The van der Waals surface area contributed by atoms with Crippen LogP contribution in [0.1, 0.15) is 10.5 Å². The molecule has 0 amide bonds. The Balaban J connectivity index is 2.26. The molecule has 18 heavy (non-hydrogen) atoms. The number of carbonyl (C=O) groups is 1. The van der Waals surface area contributed by atoms with Crippen LogP contribution in [0, 0.1) is 0 Å². The van der Waals surface area contributed by atoms with Gasteiger partial charge in [0.05, 0.1) is 21.4 Å². The predicted molar refractivity (Wildman–Crippen MR) is 68.8 cm³/mol. The molecule has 0 atom stereocenters. The Hall–Kier alpha value is -2.21. The van der Waals surface area contributed by atoms with Crippen molar-refractivity contribution in [1.29, 1.82) is 0 Å². The minimum atomic E-state index is -1.03. The van der Waals surface area contributed by atoms with Gasteiger partial charge in [0.2, 0.25) is 0 Å². The number of nitrogens with zero attached hydrogens (tertiary/aromatic N) is 3. The highest BCUT2D eigenvalue weighted by molar-refractivity contribution is 7.16. The summed E-state index contributed by atoms with van der Waals surface area (Å²) in [5.74, 6) is -1.03. The molecule has 1 N–H and O–H groups in total. The maximum Gasteiger partial charge on any atom is 0.356 e. The summed E-state index contributed by atoms with van der Waals surface area (Å²) >= 11 is 1.56. The first-order valence-electron chi connectivity index (χ1n) is 5.27. The number of hydrogen-bond donors (Lipinski definition) is 1. The monoisotopic (exact) mass is 259 g/mol. The van der Waals surface area contributed by atoms with Crippen LogP contribution in [-0.2, 0) is 7.05 Å². The van der Waals surface area contributed by atoms with Gasteiger partial charge in [-0.1, -0.05) is 12.1 Å². The molecule has 1 aromatic carbocycles. The number of fused-ring (bicyclic) bond motifs is 1. The van der Waals surface area contributed by atoms with Crippen LogP contribution in [-0.4, -0.2) is 25.8 Å². The van der Waals surface area contributed by atoms with Gasteiger partial charge in [0.25, 0.3) is 0 Å². The largest absolute Gasteiger partial charge is 0.476 e. The van der Waals surface area contributed by atoms with Gasteiger partial charge in [0, 0.05) is 12.6 Å². The number of para-hydroxylation sites is 1. The van der Waals surface area contributed by atoms with E-state index in [-0.39, 0.29) is 5.69 Å². The van der Waals surface area contributed by atoms with Gasteiger partial charge < -0.3 is 5.11 Å². The van der Waals surface area contributed by atoms with Gasteiger partial charge in [0.15, 0.2) is 5.69 Å². The standard InChI is InChI=1S/C12H9N3O2S/c1-15-9(5-8(14-15)12(16)17)7-3-2-4-10-11(7)13-6-18-10/h2-6H,1H3,(H,16,17). The minimum Gasteiger partial charge on any atom is -0.476 e. The maximum absolute atomic E-state index is 10.9. The topological polar surface area (TPSA) is 68.0 Å². The molecule has 90 valence electrons. The first-order chi connectivity index (χ1) is 8.66. The van der Waals surface area contributed by atoms with Crippen LogP contribution in [0.25, 0.3) is 21.5 Å². The van der Waals surface area contributed by atoms with E-state index in [9.17, 15) is 4.79 Å². The lowest BCUT2D eigenvalue weighted by Crippen LogP contribution is -1.99. The van der Waals surface area contributed by atoms with Crippen LogP contribution in [0.3, 0.4) is 0 Å². The Morgan fingerprint density at radius 2 is 2.28 bits per heavy atom. The van der Waals surface area contributed by atoms with E-state index < -0.39 is 5.97 Å². The van der Waals surface area contributed by atoms with Gasteiger partial charge in [0.1, 0.15) is 0 Å². The Labute approximate surface area is 106 Å². The number of carboxylic acids is 1. The van der Waals surface area contributed by atoms with E-state index >= 15 is 0 Å². The van der Waals surface area contributed by atoms with Crippen molar-refractivity contribution in [1.82, 2.24) is 14.8 Å². The van der Waals surface area contributed by atoms with Gasteiger partial charge in [-0.05, 0) is 12.1 Å². The van der Waals surface area contributed by atoms with Crippen LogP contribution in [0.2, 0.25) is 0 Å². The fourth-order valence-electron chi connectivity index (χ4n) is 1.92. The molecule has 0 radical (unpaired) electrons. The van der Waals surface area contributed by atoms with Gasteiger partial charge in [-0.2, -0.15) is 5.10 Å². The third-order valence-electron chi connectivity index (χ3n) is 2.74. The number of hydrogen-bond acceptors (Lipinski definition) is 4. The Bertz CT molecular complexity index is 745. The van der Waals surface area contributed by atoms with Crippen LogP contribution in [0.4, 0.5) is 0 Å². The molecule has 0 aliphatic heterocycles. The van der Waals surface area contributed by atoms with Crippen molar-refractivity contribution in [2.45, 2.75) is 0 Å². The number of carboxylic acid groups (broad SMARTS) is 1. The predicted octanol–water partition coefficient (Wildman–Crippen LogP) is 2.40. The third-order valence-corrected chi connectivity index (χ3v) is 3.53. The second kappa shape index (κ2) is 3.92. The quantitative estimate of drug-likeness (QED) is 0.767. The summed E-state index contributed by atoms with van der Waals surface area (Å²) in [6, 6.07) is 7.41. The second-order valence-electron chi connectivity index (χ2n) is 3.85. The molecule has 2 aromatic heterocycles. The lowest BCUT2D eigenvalue weighted by molar-refractivity contribution is 0.0689. The summed E-state index contributed by atoms with van der Waals surface area (Å²) < 4.78 is 2.64. The van der Waals surface area contributed by atoms with Crippen molar-refractivity contribution >= 4 is 27.5 Å². The van der Waals surface area contributed by atoms with Crippen LogP contribution in [0.15, 0.2) is 29.8 Å². The number of benzene rings is 1. The number of aromatic carboxylic acids is 1. The molecule has 0 unspecified atom stereocenters. The van der Waals surface area contributed by atoms with E-state index in [4.69, 9.17) is 5.11 Å². The molecule has 2 heterocycles. The van der Waals surface area contributed by atoms with E-state index in [2.05, 4.69) is 10.1 Å². The molecule has 0 saturated carbocycles. The second-order valence-corrected chi connectivity index (χ2v) is 4.73. The average molecular weight is 259 g/mol. The summed E-state index contributed by atoms with van der Waals surface area (Å²) in [7, 11) is 1.73. The third kappa shape index (κ3) is 1.58. The molecular weight excluding hydrogens is 250 g/mol. The highest BCUT2D eigenvalue weighted by Gasteiger charge is 2.15. The molecule has 0 fully saturated rings. The lowest BCUT2D eigenvalue weighted by atomic mass is 10.1. The van der Waals surface area contributed by atoms with E-state index in [0.29, 0.717) is 0 Å². The summed E-state index contributed by atoms with van der Waals surface area (Å²) in [6.07, 6.45) is 0. The zero-order valence-electron chi connectivity index (χ0n) is 9.49. The number of aryl methyl sites for hydroxylation is 1. The highest BCUT2D eigenvalue weighted by atomic mass is 32.1. The molecule has 3 aromatic rings. The van der Waals surface area contributed by atoms with Gasteiger partial charge in [-0.25, -0.2) is 9.78 Å². The molecule has 5 nitrogen and oxygen atoms in total. The first-order valence-corrected chi connectivity index (χ1v) is 6.14. The van der Waals surface area contributed by atoms with Gasteiger partial charge >= 0.3 is 5.97 Å². The molecule has 0 spiro atoms. The van der Waals surface area contributed by atoms with Crippen LogP contribution >= 0.6 is 11.3 Å². The number of aromatic nitrogens is 3. The molecule has 0 saturated heterocycles. The Kier molecular flexibility index (Phi) is 2.38. The van der Waals surface area contributed by atoms with Crippen LogP contribution < -0.4 is 0 Å². The number of rotatable bonds is 2. The molecule has 0 aliphatic rings. The van der Waals surface area contributed by atoms with Crippen molar-refractivity contribution < 1.29 is 9.90 Å². The fraction of sp³-hybridized carbons (Fsp3) is 0.0833. The summed E-state index contributed by atoms with van der Waals surface area (Å²) in [4.78, 5) is 15.2. The summed E-state index contributed by atoms with van der Waals surface area (Å²) in [6.45, 7) is 0. The average Bonchev–Trinajstić information content (AvgIpc) is 2.94. The van der Waals surface area contributed by atoms with E-state index in [1.54, 1.807) is 34.6 Å². The molecule has 3 rings (SSSR count). The van der Waals surface area contributed by atoms with Crippen molar-refractivity contribution in [3.05, 3.63) is 35.5 Å². The lowest BCUT2D eigenvalue weighted by Gasteiger charge is -2.02. The maximum atomic E-state index is 10.9. The van der Waals surface area contributed by atoms with Gasteiger partial charge in [-0.3, -0.25) is 4.68 Å². The minimum absolute atomic E-state index is 0.0414. The van der Waals surface area contributed by atoms with E-state index in [1.165, 1.54) is 0 Å². The normalized spacial score (nSPS) is 10.9. The van der Waals surface area contributed by atoms with Crippen molar-refractivity contribution in [2.75, 3.05) is 0 Å². The van der Waals surface area contributed by atoms with Crippen molar-refractivity contribution in [3.8, 4) is 11.3 Å². The van der Waals surface area contributed by atoms with E-state index in [1.807, 2.05) is 18.2 Å². The zero-order valence-corrected chi connectivity index (χ0v) is 10.3. The first kappa shape index (κ1) is 10.9.